The van der Waals surface area contributed by atoms with E-state index >= 15 is 0 Å². The number of carbonyl (C=O) groups excluding carboxylic acids is 1. The highest BCUT2D eigenvalue weighted by molar-refractivity contribution is 6.30. The highest BCUT2D eigenvalue weighted by Gasteiger charge is 2.31. The molecule has 2 aliphatic rings. The molecule has 1 aromatic carbocycles. The lowest BCUT2D eigenvalue weighted by Gasteiger charge is -2.35. The second kappa shape index (κ2) is 7.54. The maximum Gasteiger partial charge on any atom is 0.274 e. The molecule has 158 valence electrons. The molecular weight excluding hydrogens is 412 g/mol. The first-order valence-electron chi connectivity index (χ1n) is 10.4. The van der Waals surface area contributed by atoms with Crippen molar-refractivity contribution in [3.63, 3.8) is 0 Å². The summed E-state index contributed by atoms with van der Waals surface area (Å²) in [5, 5.41) is 5.03. The fourth-order valence-electron chi connectivity index (χ4n) is 4.54. The SMILES string of the molecule is COC1=C(c2ccc3c(c2)C(C)N(C(=O)c2cc4ccc(Cl)cn4n2)CC3)C(C)C=N1. The molecule has 6 nitrogen and oxygen atoms in total. The quantitative estimate of drug-likeness (QED) is 0.595. The predicted octanol–water partition coefficient (Wildman–Crippen LogP) is 4.78. The molecule has 0 aliphatic carbocycles. The summed E-state index contributed by atoms with van der Waals surface area (Å²) < 4.78 is 7.12. The van der Waals surface area contributed by atoms with Crippen LogP contribution in [-0.2, 0) is 11.2 Å². The Labute approximate surface area is 185 Å². The van der Waals surface area contributed by atoms with Crippen LogP contribution in [0.25, 0.3) is 11.1 Å². The number of rotatable bonds is 3. The van der Waals surface area contributed by atoms with E-state index in [-0.39, 0.29) is 17.9 Å². The summed E-state index contributed by atoms with van der Waals surface area (Å²) in [6.07, 6.45) is 4.43. The van der Waals surface area contributed by atoms with Crippen LogP contribution < -0.4 is 0 Å². The van der Waals surface area contributed by atoms with E-state index in [1.54, 1.807) is 23.9 Å². The molecule has 7 heteroatoms. The van der Waals surface area contributed by atoms with Crippen molar-refractivity contribution >= 4 is 34.8 Å². The molecule has 5 rings (SSSR count). The molecule has 2 aromatic heterocycles. The molecule has 0 saturated carbocycles. The van der Waals surface area contributed by atoms with Crippen LogP contribution in [0.1, 0.15) is 47.1 Å². The topological polar surface area (TPSA) is 59.2 Å². The van der Waals surface area contributed by atoms with Crippen LogP contribution in [0.15, 0.2) is 53.5 Å². The molecular formula is C24H23ClN4O2. The lowest BCUT2D eigenvalue weighted by atomic mass is 9.88. The zero-order chi connectivity index (χ0) is 21.7. The molecule has 2 atom stereocenters. The van der Waals surface area contributed by atoms with Gasteiger partial charge in [-0.2, -0.15) is 5.10 Å². The van der Waals surface area contributed by atoms with Gasteiger partial charge in [0, 0.05) is 30.4 Å². The van der Waals surface area contributed by atoms with E-state index in [0.717, 1.165) is 28.6 Å². The first-order chi connectivity index (χ1) is 15.0. The molecule has 3 aromatic rings. The Morgan fingerprint density at radius 3 is 2.84 bits per heavy atom. The molecule has 2 aliphatic heterocycles. The number of aliphatic imine (C=N–C) groups is 1. The Bertz CT molecular complexity index is 1260. The van der Waals surface area contributed by atoms with E-state index in [1.165, 1.54) is 5.56 Å². The van der Waals surface area contributed by atoms with Gasteiger partial charge in [-0.15, -0.1) is 0 Å². The average Bonchev–Trinajstić information content (AvgIpc) is 3.36. The first kappa shape index (κ1) is 19.8. The smallest absolute Gasteiger partial charge is 0.274 e. The molecule has 0 spiro atoms. The van der Waals surface area contributed by atoms with Crippen LogP contribution >= 0.6 is 11.6 Å². The van der Waals surface area contributed by atoms with Crippen molar-refractivity contribution in [2.24, 2.45) is 10.9 Å². The van der Waals surface area contributed by atoms with E-state index in [9.17, 15) is 4.79 Å². The van der Waals surface area contributed by atoms with Crippen molar-refractivity contribution in [1.29, 1.82) is 0 Å². The second-order valence-corrected chi connectivity index (χ2v) is 8.51. The third-order valence-corrected chi connectivity index (χ3v) is 6.42. The Balaban J connectivity index is 1.48. The summed E-state index contributed by atoms with van der Waals surface area (Å²) in [4.78, 5) is 19.6. The van der Waals surface area contributed by atoms with Crippen LogP contribution in [-0.4, -0.2) is 40.3 Å². The second-order valence-electron chi connectivity index (χ2n) is 8.07. The molecule has 2 unspecified atom stereocenters. The van der Waals surface area contributed by atoms with Gasteiger partial charge in [0.15, 0.2) is 5.69 Å². The highest BCUT2D eigenvalue weighted by atomic mass is 35.5. The standard InChI is InChI=1S/C24H23ClN4O2/c1-14-12-26-23(31-3)22(14)17-5-4-16-8-9-28(15(2)20(16)10-17)24(30)21-11-19-7-6-18(25)13-29(19)27-21/h4-7,10-15H,8-9H2,1-3H3. The summed E-state index contributed by atoms with van der Waals surface area (Å²) in [5.41, 5.74) is 5.87. The molecule has 0 radical (unpaired) electrons. The largest absolute Gasteiger partial charge is 0.481 e. The number of halogens is 1. The summed E-state index contributed by atoms with van der Waals surface area (Å²) in [6.45, 7) is 4.85. The van der Waals surface area contributed by atoms with Crippen LogP contribution in [0.4, 0.5) is 0 Å². The summed E-state index contributed by atoms with van der Waals surface area (Å²) in [5.74, 6) is 0.777. The number of nitrogens with zero attached hydrogens (tertiary/aromatic N) is 4. The molecule has 4 heterocycles. The number of allylic oxidation sites excluding steroid dienone is 1. The molecule has 0 saturated heterocycles. The van der Waals surface area contributed by atoms with Crippen LogP contribution in [0, 0.1) is 5.92 Å². The number of ether oxygens (including phenoxy) is 1. The van der Waals surface area contributed by atoms with Gasteiger partial charge in [0.05, 0.1) is 23.7 Å². The molecule has 31 heavy (non-hydrogen) atoms. The maximum absolute atomic E-state index is 13.3. The number of hydrogen-bond donors (Lipinski definition) is 0. The van der Waals surface area contributed by atoms with Gasteiger partial charge in [-0.3, -0.25) is 4.79 Å². The molecule has 1 amide bonds. The first-order valence-corrected chi connectivity index (χ1v) is 10.8. The Morgan fingerprint density at radius 2 is 2.03 bits per heavy atom. The van der Waals surface area contributed by atoms with Gasteiger partial charge in [0.25, 0.3) is 5.91 Å². The number of amides is 1. The lowest BCUT2D eigenvalue weighted by molar-refractivity contribution is 0.0671. The van der Waals surface area contributed by atoms with Crippen molar-refractivity contribution in [3.05, 3.63) is 75.9 Å². The van der Waals surface area contributed by atoms with Crippen molar-refractivity contribution in [2.75, 3.05) is 13.7 Å². The number of carbonyl (C=O) groups is 1. The van der Waals surface area contributed by atoms with Crippen molar-refractivity contribution in [1.82, 2.24) is 14.5 Å². The predicted molar refractivity (Wildman–Crippen MR) is 121 cm³/mol. The normalized spacial score (nSPS) is 20.5. The molecule has 0 N–H and O–H groups in total. The zero-order valence-electron chi connectivity index (χ0n) is 17.7. The van der Waals surface area contributed by atoms with Gasteiger partial charge in [-0.05, 0) is 54.3 Å². The van der Waals surface area contributed by atoms with Crippen molar-refractivity contribution < 1.29 is 9.53 Å². The number of benzene rings is 1. The minimum absolute atomic E-state index is 0.0613. The Kier molecular flexibility index (Phi) is 4.82. The fourth-order valence-corrected chi connectivity index (χ4v) is 4.69. The van der Waals surface area contributed by atoms with Crippen molar-refractivity contribution in [3.8, 4) is 0 Å². The third kappa shape index (κ3) is 3.31. The molecule has 0 bridgehead atoms. The number of pyridine rings is 1. The van der Waals surface area contributed by atoms with E-state index in [4.69, 9.17) is 16.3 Å². The van der Waals surface area contributed by atoms with Gasteiger partial charge in [-0.1, -0.05) is 30.7 Å². The van der Waals surface area contributed by atoms with Crippen LogP contribution in [0.3, 0.4) is 0 Å². The van der Waals surface area contributed by atoms with Gasteiger partial charge < -0.3 is 9.64 Å². The summed E-state index contributed by atoms with van der Waals surface area (Å²) >= 11 is 6.06. The fraction of sp³-hybridized carbons (Fsp3) is 0.292. The van der Waals surface area contributed by atoms with E-state index < -0.39 is 0 Å². The van der Waals surface area contributed by atoms with Crippen LogP contribution in [0.5, 0.6) is 0 Å². The zero-order valence-corrected chi connectivity index (χ0v) is 18.4. The summed E-state index contributed by atoms with van der Waals surface area (Å²) in [7, 11) is 1.65. The number of aromatic nitrogens is 2. The summed E-state index contributed by atoms with van der Waals surface area (Å²) in [6, 6.07) is 11.9. The van der Waals surface area contributed by atoms with Gasteiger partial charge in [0.1, 0.15) is 0 Å². The van der Waals surface area contributed by atoms with Gasteiger partial charge in [-0.25, -0.2) is 9.51 Å². The number of methoxy groups -OCH3 is 1. The minimum Gasteiger partial charge on any atom is -0.481 e. The van der Waals surface area contributed by atoms with E-state index in [1.807, 2.05) is 23.2 Å². The van der Waals surface area contributed by atoms with E-state index in [2.05, 4.69) is 42.1 Å². The molecule has 0 fully saturated rings. The monoisotopic (exact) mass is 434 g/mol. The minimum atomic E-state index is -0.0715. The Hall–Kier alpha value is -3.12. The average molecular weight is 435 g/mol. The van der Waals surface area contributed by atoms with Crippen LogP contribution in [0.2, 0.25) is 5.02 Å². The third-order valence-electron chi connectivity index (χ3n) is 6.19. The highest BCUT2D eigenvalue weighted by Crippen LogP contribution is 2.37. The number of fused-ring (bicyclic) bond motifs is 2. The van der Waals surface area contributed by atoms with Crippen molar-refractivity contribution in [2.45, 2.75) is 26.3 Å². The Morgan fingerprint density at radius 1 is 1.19 bits per heavy atom. The van der Waals surface area contributed by atoms with Gasteiger partial charge >= 0.3 is 0 Å². The van der Waals surface area contributed by atoms with Gasteiger partial charge in [0.2, 0.25) is 5.88 Å². The number of hydrogen-bond acceptors (Lipinski definition) is 4. The lowest BCUT2D eigenvalue weighted by Crippen LogP contribution is -2.39. The maximum atomic E-state index is 13.3. The van der Waals surface area contributed by atoms with E-state index in [0.29, 0.717) is 23.1 Å².